The fourth-order valence-corrected chi connectivity index (χ4v) is 2.72. The maximum atomic E-state index is 12.7. The second-order valence-corrected chi connectivity index (χ2v) is 6.40. The lowest BCUT2D eigenvalue weighted by Gasteiger charge is -2.23. The van der Waals surface area contributed by atoms with Gasteiger partial charge in [-0.2, -0.15) is 0 Å². The molecule has 1 amide bonds. The van der Waals surface area contributed by atoms with E-state index in [0.717, 1.165) is 28.1 Å². The van der Waals surface area contributed by atoms with Crippen molar-refractivity contribution in [3.05, 3.63) is 33.8 Å². The molecule has 2 aliphatic carbocycles. The number of carbonyl (C=O) groups is 1. The molecule has 3 heteroatoms. The first-order valence-electron chi connectivity index (χ1n) is 6.73. The Bertz CT molecular complexity index is 477. The van der Waals surface area contributed by atoms with Crippen molar-refractivity contribution in [3.8, 4) is 0 Å². The van der Waals surface area contributed by atoms with Crippen LogP contribution in [0.2, 0.25) is 0 Å². The number of amides is 1. The molecule has 0 spiro atoms. The molecular weight excluding hydrogens is 290 g/mol. The van der Waals surface area contributed by atoms with Crippen LogP contribution in [-0.2, 0) is 0 Å². The summed E-state index contributed by atoms with van der Waals surface area (Å²) in [5, 5.41) is 0. The summed E-state index contributed by atoms with van der Waals surface area (Å²) in [4.78, 5) is 14.8. The van der Waals surface area contributed by atoms with Gasteiger partial charge in [-0.15, -0.1) is 0 Å². The highest BCUT2D eigenvalue weighted by Crippen LogP contribution is 2.36. The van der Waals surface area contributed by atoms with E-state index in [4.69, 9.17) is 0 Å². The Morgan fingerprint density at radius 2 is 2.06 bits per heavy atom. The predicted molar refractivity (Wildman–Crippen MR) is 75.7 cm³/mol. The van der Waals surface area contributed by atoms with Gasteiger partial charge in [-0.1, -0.05) is 22.0 Å². The third-order valence-electron chi connectivity index (χ3n) is 3.90. The van der Waals surface area contributed by atoms with Gasteiger partial charge in [-0.05, 0) is 56.2 Å². The molecule has 0 unspecified atom stereocenters. The molecule has 0 saturated heterocycles. The molecule has 0 aliphatic heterocycles. The molecule has 2 fully saturated rings. The summed E-state index contributed by atoms with van der Waals surface area (Å²) in [6.07, 6.45) is 4.97. The molecule has 0 radical (unpaired) electrons. The van der Waals surface area contributed by atoms with Gasteiger partial charge in [0.1, 0.15) is 0 Å². The van der Waals surface area contributed by atoms with Gasteiger partial charge < -0.3 is 4.90 Å². The summed E-state index contributed by atoms with van der Waals surface area (Å²) in [6.45, 7) is 2.98. The quantitative estimate of drug-likeness (QED) is 0.829. The first kappa shape index (κ1) is 12.2. The molecule has 0 heterocycles. The SMILES string of the molecule is Cc1c(Br)cccc1C(=O)N(CC1CC1)C1CC1. The summed E-state index contributed by atoms with van der Waals surface area (Å²) < 4.78 is 1.02. The first-order chi connectivity index (χ1) is 8.66. The summed E-state index contributed by atoms with van der Waals surface area (Å²) in [6, 6.07) is 6.41. The van der Waals surface area contributed by atoms with E-state index >= 15 is 0 Å². The van der Waals surface area contributed by atoms with E-state index in [1.54, 1.807) is 0 Å². The zero-order chi connectivity index (χ0) is 12.7. The minimum Gasteiger partial charge on any atom is -0.335 e. The molecule has 0 aromatic heterocycles. The van der Waals surface area contributed by atoms with Crippen LogP contribution in [0.3, 0.4) is 0 Å². The van der Waals surface area contributed by atoms with Crippen molar-refractivity contribution < 1.29 is 4.79 Å². The van der Waals surface area contributed by atoms with Crippen LogP contribution in [0.1, 0.15) is 41.6 Å². The Hall–Kier alpha value is -0.830. The number of nitrogens with zero attached hydrogens (tertiary/aromatic N) is 1. The smallest absolute Gasteiger partial charge is 0.254 e. The monoisotopic (exact) mass is 307 g/mol. The molecule has 2 aliphatic rings. The van der Waals surface area contributed by atoms with E-state index in [1.165, 1.54) is 25.7 Å². The van der Waals surface area contributed by atoms with Gasteiger partial charge in [0.2, 0.25) is 0 Å². The molecule has 18 heavy (non-hydrogen) atoms. The van der Waals surface area contributed by atoms with E-state index < -0.39 is 0 Å². The largest absolute Gasteiger partial charge is 0.335 e. The van der Waals surface area contributed by atoms with E-state index in [9.17, 15) is 4.79 Å². The lowest BCUT2D eigenvalue weighted by molar-refractivity contribution is 0.0734. The van der Waals surface area contributed by atoms with Crippen molar-refractivity contribution in [2.75, 3.05) is 6.54 Å². The van der Waals surface area contributed by atoms with Crippen LogP contribution in [-0.4, -0.2) is 23.4 Å². The Morgan fingerprint density at radius 3 is 2.67 bits per heavy atom. The van der Waals surface area contributed by atoms with Gasteiger partial charge in [-0.25, -0.2) is 0 Å². The summed E-state index contributed by atoms with van der Waals surface area (Å²) in [7, 11) is 0. The van der Waals surface area contributed by atoms with Crippen molar-refractivity contribution in [2.24, 2.45) is 5.92 Å². The van der Waals surface area contributed by atoms with E-state index in [2.05, 4.69) is 20.8 Å². The van der Waals surface area contributed by atoms with E-state index in [0.29, 0.717) is 6.04 Å². The highest BCUT2D eigenvalue weighted by Gasteiger charge is 2.37. The molecule has 1 aromatic carbocycles. The molecule has 2 nitrogen and oxygen atoms in total. The highest BCUT2D eigenvalue weighted by molar-refractivity contribution is 9.10. The minimum absolute atomic E-state index is 0.225. The number of hydrogen-bond donors (Lipinski definition) is 0. The average Bonchev–Trinajstić information content (AvgIpc) is 3.22. The topological polar surface area (TPSA) is 20.3 Å². The zero-order valence-electron chi connectivity index (χ0n) is 10.7. The fourth-order valence-electron chi connectivity index (χ4n) is 2.36. The number of hydrogen-bond acceptors (Lipinski definition) is 1. The Morgan fingerprint density at radius 1 is 1.33 bits per heavy atom. The minimum atomic E-state index is 0.225. The Kier molecular flexibility index (Phi) is 3.18. The van der Waals surface area contributed by atoms with Crippen molar-refractivity contribution in [2.45, 2.75) is 38.6 Å². The van der Waals surface area contributed by atoms with Crippen molar-refractivity contribution in [3.63, 3.8) is 0 Å². The first-order valence-corrected chi connectivity index (χ1v) is 7.52. The molecule has 0 N–H and O–H groups in total. The maximum Gasteiger partial charge on any atom is 0.254 e. The highest BCUT2D eigenvalue weighted by atomic mass is 79.9. The van der Waals surface area contributed by atoms with Crippen LogP contribution in [0.4, 0.5) is 0 Å². The summed E-state index contributed by atoms with van der Waals surface area (Å²) in [5.74, 6) is 0.991. The van der Waals surface area contributed by atoms with E-state index in [-0.39, 0.29) is 5.91 Å². The van der Waals surface area contributed by atoms with Crippen molar-refractivity contribution in [1.82, 2.24) is 4.90 Å². The van der Waals surface area contributed by atoms with Crippen LogP contribution in [0.5, 0.6) is 0 Å². The van der Waals surface area contributed by atoms with Gasteiger partial charge >= 0.3 is 0 Å². The number of carbonyl (C=O) groups excluding carboxylic acids is 1. The maximum absolute atomic E-state index is 12.7. The second-order valence-electron chi connectivity index (χ2n) is 5.54. The van der Waals surface area contributed by atoms with Crippen LogP contribution < -0.4 is 0 Å². The van der Waals surface area contributed by atoms with Gasteiger partial charge in [0.05, 0.1) is 0 Å². The van der Waals surface area contributed by atoms with Crippen LogP contribution in [0.25, 0.3) is 0 Å². The van der Waals surface area contributed by atoms with E-state index in [1.807, 2.05) is 25.1 Å². The molecule has 96 valence electrons. The lowest BCUT2D eigenvalue weighted by atomic mass is 10.1. The van der Waals surface area contributed by atoms with Gasteiger partial charge in [0.25, 0.3) is 5.91 Å². The Balaban J connectivity index is 1.84. The fraction of sp³-hybridized carbons (Fsp3) is 0.533. The van der Waals surface area contributed by atoms with Gasteiger partial charge in [0, 0.05) is 22.6 Å². The van der Waals surface area contributed by atoms with Crippen LogP contribution >= 0.6 is 15.9 Å². The average molecular weight is 308 g/mol. The molecule has 0 atom stereocenters. The number of benzene rings is 1. The van der Waals surface area contributed by atoms with Gasteiger partial charge in [0.15, 0.2) is 0 Å². The normalized spacial score (nSPS) is 18.8. The zero-order valence-corrected chi connectivity index (χ0v) is 12.2. The van der Waals surface area contributed by atoms with Crippen LogP contribution in [0.15, 0.2) is 22.7 Å². The molecule has 2 saturated carbocycles. The third-order valence-corrected chi connectivity index (χ3v) is 4.76. The number of halogens is 1. The summed E-state index contributed by atoms with van der Waals surface area (Å²) in [5.41, 5.74) is 1.92. The van der Waals surface area contributed by atoms with Crippen molar-refractivity contribution >= 4 is 21.8 Å². The second kappa shape index (κ2) is 4.69. The standard InChI is InChI=1S/C15H18BrNO/c1-10-13(3-2-4-14(10)16)15(18)17(12-7-8-12)9-11-5-6-11/h2-4,11-12H,5-9H2,1H3. The van der Waals surface area contributed by atoms with Crippen LogP contribution in [0, 0.1) is 12.8 Å². The Labute approximate surface area is 116 Å². The molecule has 0 bridgehead atoms. The van der Waals surface area contributed by atoms with Crippen molar-refractivity contribution in [1.29, 1.82) is 0 Å². The molecule has 1 aromatic rings. The predicted octanol–water partition coefficient (Wildman–Crippen LogP) is 3.77. The van der Waals surface area contributed by atoms with Gasteiger partial charge in [-0.3, -0.25) is 4.79 Å². The number of rotatable bonds is 4. The summed E-state index contributed by atoms with van der Waals surface area (Å²) >= 11 is 3.51. The third kappa shape index (κ3) is 2.46. The lowest BCUT2D eigenvalue weighted by Crippen LogP contribution is -2.35. The molecular formula is C15H18BrNO. The molecule has 3 rings (SSSR count).